The van der Waals surface area contributed by atoms with Gasteiger partial charge in [0.25, 0.3) is 0 Å². The Balaban J connectivity index is 1.51. The van der Waals surface area contributed by atoms with Crippen LogP contribution in [0.2, 0.25) is 0 Å². The molecule has 0 aliphatic carbocycles. The van der Waals surface area contributed by atoms with Crippen molar-refractivity contribution in [2.24, 2.45) is 0 Å². The van der Waals surface area contributed by atoms with Gasteiger partial charge in [0.2, 0.25) is 0 Å². The molecule has 5 atom stereocenters. The summed E-state index contributed by atoms with van der Waals surface area (Å²) in [6.07, 6.45) is 1.55. The van der Waals surface area contributed by atoms with Crippen LogP contribution in [0.5, 0.6) is 0 Å². The van der Waals surface area contributed by atoms with Crippen molar-refractivity contribution in [3.05, 3.63) is 0 Å². The predicted molar refractivity (Wildman–Crippen MR) is 113 cm³/mol. The molecule has 5 N–H and O–H groups in total. The summed E-state index contributed by atoms with van der Waals surface area (Å²) in [6.45, 7) is 6.72. The Morgan fingerprint density at radius 1 is 1.00 bits per heavy atom. The van der Waals surface area contributed by atoms with Crippen LogP contribution in [0.4, 0.5) is 9.59 Å². The molecule has 2 amide bonds. The minimum Gasteiger partial charge on any atom is -0.447 e. The highest BCUT2D eigenvalue weighted by atomic mass is 16.6. The number of ether oxygens (including phenoxy) is 2. The third-order valence-corrected chi connectivity index (χ3v) is 5.54. The minimum atomic E-state index is -1.32. The zero-order valence-corrected chi connectivity index (χ0v) is 18.9. The normalized spacial score (nSPS) is 28.3. The van der Waals surface area contributed by atoms with Crippen LogP contribution >= 0.6 is 0 Å². The zero-order valence-electron chi connectivity index (χ0n) is 18.9. The third-order valence-electron chi connectivity index (χ3n) is 5.54. The summed E-state index contributed by atoms with van der Waals surface area (Å²) < 4.78 is 10.2. The van der Waals surface area contributed by atoms with Gasteiger partial charge in [0.15, 0.2) is 0 Å². The van der Waals surface area contributed by atoms with E-state index >= 15 is 0 Å². The van der Waals surface area contributed by atoms with Crippen molar-refractivity contribution >= 4 is 12.2 Å². The molecule has 0 bridgehead atoms. The van der Waals surface area contributed by atoms with Gasteiger partial charge in [-0.05, 0) is 40.2 Å². The maximum absolute atomic E-state index is 11.9. The molecule has 31 heavy (non-hydrogen) atoms. The number of cyclic esters (lactones) is 1. The first-order valence-electron chi connectivity index (χ1n) is 11.3. The van der Waals surface area contributed by atoms with Gasteiger partial charge in [0, 0.05) is 6.54 Å². The van der Waals surface area contributed by atoms with Gasteiger partial charge < -0.3 is 30.1 Å². The molecule has 2 saturated heterocycles. The Kier molecular flexibility index (Phi) is 9.80. The molecule has 0 spiro atoms. The number of alkyl carbamates (subject to hydrolysis) is 1. The Hall–Kier alpha value is -1.62. The Labute approximate surface area is 184 Å². The number of hydrogen-bond donors (Lipinski definition) is 5. The molecule has 0 saturated carbocycles. The summed E-state index contributed by atoms with van der Waals surface area (Å²) in [6, 6.07) is -0.645. The fraction of sp³-hybridized carbons (Fsp3) is 0.905. The van der Waals surface area contributed by atoms with Gasteiger partial charge >= 0.3 is 12.2 Å². The second kappa shape index (κ2) is 11.8. The Morgan fingerprint density at radius 2 is 1.58 bits per heavy atom. The van der Waals surface area contributed by atoms with Gasteiger partial charge in [-0.15, -0.1) is 0 Å². The van der Waals surface area contributed by atoms with E-state index in [2.05, 4.69) is 10.6 Å². The van der Waals surface area contributed by atoms with Crippen molar-refractivity contribution in [3.63, 3.8) is 0 Å². The van der Waals surface area contributed by atoms with Crippen molar-refractivity contribution in [1.82, 2.24) is 15.5 Å². The minimum absolute atomic E-state index is 0.00918. The van der Waals surface area contributed by atoms with Crippen LogP contribution in [-0.4, -0.2) is 88.2 Å². The summed E-state index contributed by atoms with van der Waals surface area (Å²) in [5, 5.41) is 36.2. The number of aliphatic hydroxyl groups excluding tert-OH is 3. The topological polar surface area (TPSA) is 141 Å². The van der Waals surface area contributed by atoms with Crippen molar-refractivity contribution in [1.29, 1.82) is 0 Å². The molecule has 0 radical (unpaired) electrons. The average molecular weight is 446 g/mol. The van der Waals surface area contributed by atoms with E-state index in [0.717, 1.165) is 44.9 Å². The molecular weight excluding hydrogens is 406 g/mol. The highest BCUT2D eigenvalue weighted by Crippen LogP contribution is 2.28. The molecule has 2 rings (SSSR count). The smallest absolute Gasteiger partial charge is 0.411 e. The van der Waals surface area contributed by atoms with Crippen LogP contribution < -0.4 is 10.6 Å². The van der Waals surface area contributed by atoms with Crippen LogP contribution in [0.1, 0.15) is 65.7 Å². The molecule has 180 valence electrons. The first kappa shape index (κ1) is 25.6. The number of carbonyl (C=O) groups is 2. The molecule has 2 heterocycles. The number of rotatable bonds is 11. The largest absolute Gasteiger partial charge is 0.447 e. The van der Waals surface area contributed by atoms with Crippen LogP contribution in [0, 0.1) is 0 Å². The summed E-state index contributed by atoms with van der Waals surface area (Å²) in [7, 11) is 0. The fourth-order valence-electron chi connectivity index (χ4n) is 3.92. The van der Waals surface area contributed by atoms with Gasteiger partial charge in [0.05, 0.1) is 6.04 Å². The number of aliphatic hydroxyl groups is 3. The lowest BCUT2D eigenvalue weighted by Crippen LogP contribution is -2.69. The average Bonchev–Trinajstić information content (AvgIpc) is 3.06. The SMILES string of the molecule is CC(C)(C)OC(=O)NCCCCCCCCCN[C@@H]1[C@@H](O)[C@@H](O)[C@H](O)[C@H]2COC(=O)N21. The number of nitrogens with one attached hydrogen (secondary N) is 2. The van der Waals surface area contributed by atoms with Crippen LogP contribution in [0.3, 0.4) is 0 Å². The van der Waals surface area contributed by atoms with E-state index in [9.17, 15) is 24.9 Å². The number of amides is 2. The number of fused-ring (bicyclic) bond motifs is 1. The van der Waals surface area contributed by atoms with Crippen LogP contribution in [0.15, 0.2) is 0 Å². The molecule has 0 aromatic rings. The maximum Gasteiger partial charge on any atom is 0.411 e. The second-order valence-corrected chi connectivity index (χ2v) is 9.33. The van der Waals surface area contributed by atoms with Crippen molar-refractivity contribution in [3.8, 4) is 0 Å². The van der Waals surface area contributed by atoms with Crippen molar-refractivity contribution in [2.45, 2.75) is 102 Å². The fourth-order valence-corrected chi connectivity index (χ4v) is 3.92. The van der Waals surface area contributed by atoms with Crippen LogP contribution in [0.25, 0.3) is 0 Å². The van der Waals surface area contributed by atoms with Gasteiger partial charge in [-0.3, -0.25) is 10.2 Å². The summed E-state index contributed by atoms with van der Waals surface area (Å²) in [5.41, 5.74) is -0.478. The molecule has 2 aliphatic rings. The van der Waals surface area contributed by atoms with E-state index in [1.54, 1.807) is 0 Å². The lowest BCUT2D eigenvalue weighted by Gasteiger charge is -2.44. The number of nitrogens with zero attached hydrogens (tertiary/aromatic N) is 1. The molecule has 10 heteroatoms. The van der Waals surface area contributed by atoms with E-state index in [0.29, 0.717) is 13.1 Å². The highest BCUT2D eigenvalue weighted by Gasteiger charge is 2.53. The maximum atomic E-state index is 11.9. The first-order valence-corrected chi connectivity index (χ1v) is 11.3. The van der Waals surface area contributed by atoms with E-state index in [4.69, 9.17) is 9.47 Å². The van der Waals surface area contributed by atoms with E-state index < -0.39 is 42.2 Å². The molecule has 10 nitrogen and oxygen atoms in total. The monoisotopic (exact) mass is 445 g/mol. The molecule has 2 aliphatic heterocycles. The zero-order chi connectivity index (χ0) is 23.0. The predicted octanol–water partition coefficient (Wildman–Crippen LogP) is 1.07. The summed E-state index contributed by atoms with van der Waals surface area (Å²) in [5.74, 6) is 0. The van der Waals surface area contributed by atoms with Gasteiger partial charge in [-0.1, -0.05) is 32.1 Å². The van der Waals surface area contributed by atoms with E-state index in [1.165, 1.54) is 4.90 Å². The quantitative estimate of drug-likeness (QED) is 0.298. The van der Waals surface area contributed by atoms with Gasteiger partial charge in [0.1, 0.15) is 36.7 Å². The van der Waals surface area contributed by atoms with Gasteiger partial charge in [-0.2, -0.15) is 0 Å². The van der Waals surface area contributed by atoms with E-state index in [-0.39, 0.29) is 12.7 Å². The van der Waals surface area contributed by atoms with Crippen LogP contribution in [-0.2, 0) is 9.47 Å². The van der Waals surface area contributed by atoms with Crippen molar-refractivity contribution < 1.29 is 34.4 Å². The number of piperidine rings is 1. The van der Waals surface area contributed by atoms with Gasteiger partial charge in [-0.25, -0.2) is 9.59 Å². The summed E-state index contributed by atoms with van der Waals surface area (Å²) >= 11 is 0. The number of carbonyl (C=O) groups excluding carboxylic acids is 2. The Morgan fingerprint density at radius 3 is 2.19 bits per heavy atom. The molecule has 0 aromatic carbocycles. The highest BCUT2D eigenvalue weighted by molar-refractivity contribution is 5.71. The molecule has 2 fully saturated rings. The molecule has 0 unspecified atom stereocenters. The lowest BCUT2D eigenvalue weighted by atomic mass is 9.92. The third kappa shape index (κ3) is 7.78. The molecular formula is C21H39N3O7. The lowest BCUT2D eigenvalue weighted by molar-refractivity contribution is -0.148. The Bertz CT molecular complexity index is 584. The number of unbranched alkanes of at least 4 members (excludes halogenated alkanes) is 6. The standard InChI is InChI=1S/C21H39N3O7/c1-21(2,3)31-19(28)23-12-10-8-6-4-5-7-9-11-22-18-17(27)16(26)15(25)14-13-30-20(29)24(14)18/h14-18,22,25-27H,4-13H2,1-3H3,(H,23,28)/t14-,15-,16+,17+,18+/m1/s1. The number of hydrogen-bond acceptors (Lipinski definition) is 8. The summed E-state index contributed by atoms with van der Waals surface area (Å²) in [4.78, 5) is 24.8. The van der Waals surface area contributed by atoms with Crippen molar-refractivity contribution in [2.75, 3.05) is 19.7 Å². The first-order chi connectivity index (χ1) is 14.6. The van der Waals surface area contributed by atoms with E-state index in [1.807, 2.05) is 20.8 Å². The second-order valence-electron chi connectivity index (χ2n) is 9.33. The molecule has 0 aromatic heterocycles.